The van der Waals surface area contributed by atoms with Gasteiger partial charge in [0.05, 0.1) is 24.6 Å². The van der Waals surface area contributed by atoms with Crippen LogP contribution in [-0.2, 0) is 10.0 Å². The first-order valence-electron chi connectivity index (χ1n) is 11.4. The van der Waals surface area contributed by atoms with Crippen LogP contribution in [0.15, 0.2) is 90.3 Å². The van der Waals surface area contributed by atoms with Gasteiger partial charge in [-0.15, -0.1) is 0 Å². The van der Waals surface area contributed by atoms with E-state index in [0.29, 0.717) is 28.5 Å². The quantitative estimate of drug-likeness (QED) is 0.245. The van der Waals surface area contributed by atoms with Crippen LogP contribution in [0.2, 0.25) is 0 Å². The first-order chi connectivity index (χ1) is 18.4. The van der Waals surface area contributed by atoms with Crippen molar-refractivity contribution in [3.05, 3.63) is 85.5 Å². The van der Waals surface area contributed by atoms with Gasteiger partial charge in [-0.25, -0.2) is 33.1 Å². The van der Waals surface area contributed by atoms with Crippen LogP contribution < -0.4 is 24.8 Å². The Labute approximate surface area is 219 Å². The molecule has 0 saturated carbocycles. The molecule has 192 valence electrons. The molecule has 3 aromatic carbocycles. The highest BCUT2D eigenvalue weighted by Gasteiger charge is 2.15. The van der Waals surface area contributed by atoms with Crippen LogP contribution in [0.3, 0.4) is 0 Å². The van der Waals surface area contributed by atoms with Crippen LogP contribution in [-0.4, -0.2) is 42.6 Å². The Bertz CT molecular complexity index is 1680. The Morgan fingerprint density at radius 2 is 1.39 bits per heavy atom. The Hall–Kier alpha value is -4.97. The van der Waals surface area contributed by atoms with E-state index in [4.69, 9.17) is 9.47 Å². The number of aromatic nitrogens is 4. The minimum Gasteiger partial charge on any atom is -0.493 e. The molecule has 0 aliphatic carbocycles. The number of benzene rings is 3. The molecule has 12 heteroatoms. The van der Waals surface area contributed by atoms with Crippen LogP contribution in [0.5, 0.6) is 11.5 Å². The van der Waals surface area contributed by atoms with E-state index in [-0.39, 0.29) is 10.8 Å². The molecule has 0 spiro atoms. The van der Waals surface area contributed by atoms with E-state index in [1.165, 1.54) is 30.9 Å². The van der Waals surface area contributed by atoms with Crippen molar-refractivity contribution in [2.45, 2.75) is 4.90 Å². The second-order valence-corrected chi connectivity index (χ2v) is 9.66. The van der Waals surface area contributed by atoms with Gasteiger partial charge < -0.3 is 20.1 Å². The number of hydrogen-bond donors (Lipinski definition) is 3. The monoisotopic (exact) mass is 529 g/mol. The van der Waals surface area contributed by atoms with Gasteiger partial charge in [0.2, 0.25) is 5.95 Å². The Balaban J connectivity index is 1.33. The highest BCUT2D eigenvalue weighted by Crippen LogP contribution is 2.34. The van der Waals surface area contributed by atoms with E-state index in [2.05, 4.69) is 35.3 Å². The lowest BCUT2D eigenvalue weighted by atomic mass is 10.2. The Morgan fingerprint density at radius 1 is 0.711 bits per heavy atom. The molecule has 2 heterocycles. The zero-order valence-electron chi connectivity index (χ0n) is 20.4. The molecule has 0 aliphatic rings. The van der Waals surface area contributed by atoms with E-state index in [0.717, 1.165) is 16.8 Å². The summed E-state index contributed by atoms with van der Waals surface area (Å²) < 4.78 is 38.4. The summed E-state index contributed by atoms with van der Waals surface area (Å²) in [6.45, 7) is 0. The molecule has 0 fully saturated rings. The predicted molar refractivity (Wildman–Crippen MR) is 145 cm³/mol. The topological polar surface area (TPSA) is 140 Å². The summed E-state index contributed by atoms with van der Waals surface area (Å²) in [5.41, 5.74) is 2.99. The fourth-order valence-corrected chi connectivity index (χ4v) is 4.67. The van der Waals surface area contributed by atoms with Crippen LogP contribution in [0.1, 0.15) is 0 Å². The van der Waals surface area contributed by atoms with Gasteiger partial charge in [0.1, 0.15) is 12.1 Å². The summed E-state index contributed by atoms with van der Waals surface area (Å²) in [5.74, 6) is 1.77. The van der Waals surface area contributed by atoms with Crippen molar-refractivity contribution in [3.63, 3.8) is 0 Å². The lowest BCUT2D eigenvalue weighted by Gasteiger charge is -2.13. The van der Waals surface area contributed by atoms with E-state index in [1.54, 1.807) is 38.5 Å². The maximum Gasteiger partial charge on any atom is 0.264 e. The average Bonchev–Trinajstić information content (AvgIpc) is 2.93. The van der Waals surface area contributed by atoms with Gasteiger partial charge in [0, 0.05) is 40.9 Å². The van der Waals surface area contributed by atoms with Gasteiger partial charge in [-0.05, 0) is 54.6 Å². The number of sulfonamides is 1. The van der Waals surface area contributed by atoms with Crippen LogP contribution in [0.25, 0.3) is 10.9 Å². The Kier molecular flexibility index (Phi) is 6.87. The highest BCUT2D eigenvalue weighted by atomic mass is 32.2. The van der Waals surface area contributed by atoms with Crippen molar-refractivity contribution in [2.24, 2.45) is 0 Å². The van der Waals surface area contributed by atoms with E-state index in [9.17, 15) is 8.42 Å². The first-order valence-corrected chi connectivity index (χ1v) is 12.8. The smallest absolute Gasteiger partial charge is 0.264 e. The molecule has 11 nitrogen and oxygen atoms in total. The molecular formula is C26H23N7O4S. The standard InChI is InChI=1S/C26H23N7O4S/c1-36-23-14-21-22(15-24(23)37-2)29-16-30-25(21)32-19-6-3-5-18(13-19)31-17-7-9-20(10-8-17)38(34,35)33-26-27-11-4-12-28-26/h3-16,31H,1-2H3,(H,27,28,33)(H,29,30,32). The number of fused-ring (bicyclic) bond motifs is 1. The number of ether oxygens (including phenoxy) is 2. The van der Waals surface area contributed by atoms with E-state index < -0.39 is 10.0 Å². The normalized spacial score (nSPS) is 11.1. The molecular weight excluding hydrogens is 506 g/mol. The maximum absolute atomic E-state index is 12.6. The van der Waals surface area contributed by atoms with Crippen LogP contribution in [0, 0.1) is 0 Å². The lowest BCUT2D eigenvalue weighted by Crippen LogP contribution is -2.14. The second-order valence-electron chi connectivity index (χ2n) is 7.98. The molecule has 0 bridgehead atoms. The van der Waals surface area contributed by atoms with Crippen molar-refractivity contribution in [3.8, 4) is 11.5 Å². The van der Waals surface area contributed by atoms with Gasteiger partial charge in [0.15, 0.2) is 11.5 Å². The van der Waals surface area contributed by atoms with Gasteiger partial charge in [-0.2, -0.15) is 0 Å². The summed E-state index contributed by atoms with van der Waals surface area (Å²) in [6, 6.07) is 19.2. The predicted octanol–water partition coefficient (Wildman–Crippen LogP) is 4.73. The third kappa shape index (κ3) is 5.39. The third-order valence-corrected chi connectivity index (χ3v) is 6.85. The number of rotatable bonds is 9. The molecule has 0 aliphatic heterocycles. The van der Waals surface area contributed by atoms with Crippen molar-refractivity contribution in [2.75, 3.05) is 29.6 Å². The van der Waals surface area contributed by atoms with Crippen molar-refractivity contribution in [1.29, 1.82) is 0 Å². The van der Waals surface area contributed by atoms with Gasteiger partial charge in [0.25, 0.3) is 10.0 Å². The van der Waals surface area contributed by atoms with Gasteiger partial charge >= 0.3 is 0 Å². The van der Waals surface area contributed by atoms with E-state index >= 15 is 0 Å². The van der Waals surface area contributed by atoms with Crippen molar-refractivity contribution >= 4 is 49.8 Å². The number of anilines is 5. The molecule has 38 heavy (non-hydrogen) atoms. The molecule has 5 rings (SSSR count). The molecule has 0 radical (unpaired) electrons. The molecule has 0 unspecified atom stereocenters. The molecule has 2 aromatic heterocycles. The summed E-state index contributed by atoms with van der Waals surface area (Å²) >= 11 is 0. The molecule has 0 atom stereocenters. The third-order valence-electron chi connectivity index (χ3n) is 5.51. The number of nitrogens with zero attached hydrogens (tertiary/aromatic N) is 4. The maximum atomic E-state index is 12.6. The van der Waals surface area contributed by atoms with Crippen molar-refractivity contribution in [1.82, 2.24) is 19.9 Å². The zero-order valence-corrected chi connectivity index (χ0v) is 21.2. The lowest BCUT2D eigenvalue weighted by molar-refractivity contribution is 0.356. The van der Waals surface area contributed by atoms with Crippen LogP contribution in [0.4, 0.5) is 28.8 Å². The number of methoxy groups -OCH3 is 2. The fraction of sp³-hybridized carbons (Fsp3) is 0.0769. The molecule has 5 aromatic rings. The first kappa shape index (κ1) is 24.7. The fourth-order valence-electron chi connectivity index (χ4n) is 3.71. The SMILES string of the molecule is COc1cc2ncnc(Nc3cccc(Nc4ccc(S(=O)(=O)Nc5ncccn5)cc4)c3)c2cc1OC. The summed E-state index contributed by atoms with van der Waals surface area (Å²) in [4.78, 5) is 16.6. The minimum absolute atomic E-state index is 0.00747. The highest BCUT2D eigenvalue weighted by molar-refractivity contribution is 7.92. The largest absolute Gasteiger partial charge is 0.493 e. The number of hydrogen-bond acceptors (Lipinski definition) is 10. The van der Waals surface area contributed by atoms with Gasteiger partial charge in [-0.3, -0.25) is 0 Å². The summed E-state index contributed by atoms with van der Waals surface area (Å²) in [6.07, 6.45) is 4.40. The molecule has 0 saturated heterocycles. The molecule has 3 N–H and O–H groups in total. The van der Waals surface area contributed by atoms with Crippen LogP contribution >= 0.6 is 0 Å². The van der Waals surface area contributed by atoms with Crippen molar-refractivity contribution < 1.29 is 17.9 Å². The zero-order chi connectivity index (χ0) is 26.5. The van der Waals surface area contributed by atoms with Gasteiger partial charge in [-0.1, -0.05) is 6.07 Å². The Morgan fingerprint density at radius 3 is 2.11 bits per heavy atom. The minimum atomic E-state index is -3.81. The second kappa shape index (κ2) is 10.6. The average molecular weight is 530 g/mol. The van der Waals surface area contributed by atoms with E-state index in [1.807, 2.05) is 30.3 Å². The summed E-state index contributed by atoms with van der Waals surface area (Å²) in [5, 5.41) is 7.38. The molecule has 0 amide bonds. The number of nitrogens with one attached hydrogen (secondary N) is 3. The summed E-state index contributed by atoms with van der Waals surface area (Å²) in [7, 11) is -0.663.